The van der Waals surface area contributed by atoms with Gasteiger partial charge in [0.2, 0.25) is 0 Å². The molecular weight excluding hydrogens is 969 g/mol. The Morgan fingerprint density at radius 3 is 1.34 bits per heavy atom. The number of aliphatic hydroxyl groups is 7. The van der Waals surface area contributed by atoms with Crippen LogP contribution in [-0.2, 0) is 33.2 Å². The largest absolute Gasteiger partial charge is 0.457 e. The predicted octanol–water partition coefficient (Wildman–Crippen LogP) is 11.5. The van der Waals surface area contributed by atoms with Crippen LogP contribution in [0, 0.1) is 0 Å². The fourth-order valence-electron chi connectivity index (χ4n) is 9.69. The molecule has 0 bridgehead atoms. The summed E-state index contributed by atoms with van der Waals surface area (Å²) in [6.45, 7) is 3.61. The molecule has 2 saturated heterocycles. The number of rotatable bonds is 50. The van der Waals surface area contributed by atoms with Crippen LogP contribution < -0.4 is 0 Å². The zero-order valence-corrected chi connectivity index (χ0v) is 47.7. The van der Waals surface area contributed by atoms with E-state index in [0.29, 0.717) is 13.0 Å². The maximum Gasteiger partial charge on any atom is 0.306 e. The number of allylic oxidation sites excluding steroid dienone is 8. The summed E-state index contributed by atoms with van der Waals surface area (Å²) < 4.78 is 34.5. The van der Waals surface area contributed by atoms with Crippen LogP contribution >= 0.6 is 0 Å². The van der Waals surface area contributed by atoms with Crippen LogP contribution in [0.5, 0.6) is 0 Å². The van der Waals surface area contributed by atoms with Gasteiger partial charge < -0.3 is 64.2 Å². The molecule has 2 rings (SSSR count). The summed E-state index contributed by atoms with van der Waals surface area (Å²) in [7, 11) is 0. The molecule has 2 aliphatic rings. The molecule has 2 fully saturated rings. The smallest absolute Gasteiger partial charge is 0.306 e. The van der Waals surface area contributed by atoms with Gasteiger partial charge in [-0.15, -0.1) is 0 Å². The highest BCUT2D eigenvalue weighted by Gasteiger charge is 2.47. The van der Waals surface area contributed by atoms with E-state index in [0.717, 1.165) is 70.6 Å². The van der Waals surface area contributed by atoms with Crippen molar-refractivity contribution in [3.8, 4) is 0 Å². The number of hydrogen-bond donors (Lipinski definition) is 7. The van der Waals surface area contributed by atoms with E-state index in [1.165, 1.54) is 141 Å². The van der Waals surface area contributed by atoms with E-state index in [1.807, 2.05) is 0 Å². The normalized spacial score (nSPS) is 24.8. The van der Waals surface area contributed by atoms with E-state index in [2.05, 4.69) is 62.5 Å². The van der Waals surface area contributed by atoms with E-state index >= 15 is 0 Å². The second-order valence-corrected chi connectivity index (χ2v) is 21.5. The number of aliphatic hydroxyl groups excluding tert-OH is 7. The van der Waals surface area contributed by atoms with Gasteiger partial charge in [0.25, 0.3) is 0 Å². The first-order valence-electron chi connectivity index (χ1n) is 30.7. The third-order valence-electron chi connectivity index (χ3n) is 14.6. The molecule has 76 heavy (non-hydrogen) atoms. The number of unbranched alkanes of at least 4 members (excludes halogenated alkanes) is 28. The van der Waals surface area contributed by atoms with Crippen LogP contribution in [-0.4, -0.2) is 142 Å². The van der Waals surface area contributed by atoms with Crippen molar-refractivity contribution >= 4 is 5.97 Å². The Labute approximate surface area is 461 Å². The molecule has 11 unspecified atom stereocenters. The molecule has 0 aliphatic carbocycles. The Morgan fingerprint density at radius 2 is 0.855 bits per heavy atom. The van der Waals surface area contributed by atoms with Gasteiger partial charge in [0.15, 0.2) is 12.6 Å². The van der Waals surface area contributed by atoms with Gasteiger partial charge in [-0.25, -0.2) is 0 Å². The third-order valence-corrected chi connectivity index (χ3v) is 14.6. The van der Waals surface area contributed by atoms with Crippen molar-refractivity contribution in [1.29, 1.82) is 0 Å². The van der Waals surface area contributed by atoms with Crippen molar-refractivity contribution in [2.45, 2.75) is 306 Å². The molecule has 14 nitrogen and oxygen atoms in total. The molecule has 0 amide bonds. The lowest BCUT2D eigenvalue weighted by Crippen LogP contribution is -2.61. The average Bonchev–Trinajstić information content (AvgIpc) is 3.42. The van der Waals surface area contributed by atoms with Gasteiger partial charge in [0.1, 0.15) is 54.9 Å². The van der Waals surface area contributed by atoms with Crippen LogP contribution in [0.2, 0.25) is 0 Å². The first kappa shape index (κ1) is 70.1. The molecule has 2 aliphatic heterocycles. The third kappa shape index (κ3) is 34.8. The molecule has 0 saturated carbocycles. The Bertz CT molecular complexity index is 1440. The van der Waals surface area contributed by atoms with Crippen LogP contribution in [0.4, 0.5) is 0 Å². The average molecular weight is 1080 g/mol. The summed E-state index contributed by atoms with van der Waals surface area (Å²) in [5.41, 5.74) is 0. The monoisotopic (exact) mass is 1080 g/mol. The maximum absolute atomic E-state index is 13.1. The van der Waals surface area contributed by atoms with Gasteiger partial charge >= 0.3 is 5.97 Å². The quantitative estimate of drug-likeness (QED) is 0.0172. The molecule has 0 radical (unpaired) electrons. The SMILES string of the molecule is CC/C=C\C/C=C\C/C=C\C/C=C\CCCCCCCCCCCCCOCC(COC1OC(COC2OC(CO)C(O)C(O)C2O)C(O)C(O)C1O)OC(=O)CCCCCCCCCCCCCCCCCCCC. The lowest BCUT2D eigenvalue weighted by atomic mass is 9.98. The van der Waals surface area contributed by atoms with Crippen LogP contribution in [0.3, 0.4) is 0 Å². The van der Waals surface area contributed by atoms with Gasteiger partial charge in [-0.05, 0) is 51.4 Å². The zero-order valence-electron chi connectivity index (χ0n) is 47.7. The number of carbonyl (C=O) groups excluding carboxylic acids is 1. The van der Waals surface area contributed by atoms with Crippen molar-refractivity contribution in [3.05, 3.63) is 48.6 Å². The van der Waals surface area contributed by atoms with Gasteiger partial charge in [0, 0.05) is 13.0 Å². The molecule has 2 heterocycles. The van der Waals surface area contributed by atoms with E-state index in [4.69, 9.17) is 28.4 Å². The molecule has 0 aromatic rings. The van der Waals surface area contributed by atoms with Crippen molar-refractivity contribution in [2.75, 3.05) is 33.0 Å². The van der Waals surface area contributed by atoms with E-state index in [1.54, 1.807) is 0 Å². The fourth-order valence-corrected chi connectivity index (χ4v) is 9.69. The summed E-state index contributed by atoms with van der Waals surface area (Å²) in [6, 6.07) is 0. The number of ether oxygens (including phenoxy) is 6. The number of esters is 1. The lowest BCUT2D eigenvalue weighted by molar-refractivity contribution is -0.332. The van der Waals surface area contributed by atoms with Crippen LogP contribution in [0.1, 0.15) is 239 Å². The zero-order chi connectivity index (χ0) is 55.1. The van der Waals surface area contributed by atoms with Crippen molar-refractivity contribution in [1.82, 2.24) is 0 Å². The van der Waals surface area contributed by atoms with Crippen LogP contribution in [0.15, 0.2) is 48.6 Å². The number of hydrogen-bond acceptors (Lipinski definition) is 14. The summed E-state index contributed by atoms with van der Waals surface area (Å²) in [5, 5.41) is 72.4. The maximum atomic E-state index is 13.1. The van der Waals surface area contributed by atoms with E-state index in [-0.39, 0.29) is 25.6 Å². The second-order valence-electron chi connectivity index (χ2n) is 21.5. The fraction of sp³-hybridized carbons (Fsp3) is 0.855. The number of carbonyl (C=O) groups is 1. The van der Waals surface area contributed by atoms with Crippen molar-refractivity contribution < 1.29 is 69.0 Å². The van der Waals surface area contributed by atoms with Crippen molar-refractivity contribution in [3.63, 3.8) is 0 Å². The first-order chi connectivity index (χ1) is 37.1. The lowest BCUT2D eigenvalue weighted by Gasteiger charge is -2.42. The minimum absolute atomic E-state index is 0.0615. The van der Waals surface area contributed by atoms with Crippen molar-refractivity contribution in [2.24, 2.45) is 0 Å². The second kappa shape index (κ2) is 48.8. The molecule has 0 aromatic carbocycles. The molecular formula is C62H112O14. The highest BCUT2D eigenvalue weighted by atomic mass is 16.7. The predicted molar refractivity (Wildman–Crippen MR) is 303 cm³/mol. The molecule has 11 atom stereocenters. The first-order valence-corrected chi connectivity index (χ1v) is 30.7. The summed E-state index contributed by atoms with van der Waals surface area (Å²) in [5.74, 6) is -0.373. The van der Waals surface area contributed by atoms with Crippen LogP contribution in [0.25, 0.3) is 0 Å². The highest BCUT2D eigenvalue weighted by molar-refractivity contribution is 5.69. The Kier molecular flexibility index (Phi) is 45.0. The molecule has 444 valence electrons. The van der Waals surface area contributed by atoms with Gasteiger partial charge in [-0.3, -0.25) is 4.79 Å². The van der Waals surface area contributed by atoms with Gasteiger partial charge in [-0.2, -0.15) is 0 Å². The Hall–Kier alpha value is -2.05. The summed E-state index contributed by atoms with van der Waals surface area (Å²) in [6.07, 6.45) is 43.1. The minimum atomic E-state index is -1.71. The van der Waals surface area contributed by atoms with Gasteiger partial charge in [0.05, 0.1) is 26.4 Å². The van der Waals surface area contributed by atoms with E-state index < -0.39 is 80.7 Å². The minimum Gasteiger partial charge on any atom is -0.457 e. The molecule has 0 spiro atoms. The molecule has 14 heteroatoms. The molecule has 0 aromatic heterocycles. The molecule has 7 N–H and O–H groups in total. The van der Waals surface area contributed by atoms with E-state index in [9.17, 15) is 40.5 Å². The Morgan fingerprint density at radius 1 is 0.447 bits per heavy atom. The standard InChI is InChI=1S/C62H112O14/c1-3-5-7-9-11-13-15-17-19-21-23-24-25-26-27-28-30-32-34-36-38-40-42-44-46-71-48-51(74-54(64)45-43-41-39-37-35-33-31-29-22-20-18-16-14-12-10-8-6-4-2)49-72-61-60(70)58(68)56(66)53(76-61)50-73-62-59(69)57(67)55(65)52(47-63)75-62/h5,7,11,13,17,19,23-24,51-53,55-63,65-70H,3-4,6,8-10,12,14-16,18,20-22,25-50H2,1-2H3/b7-5-,13-11-,19-17-,24-23-. The van der Waals surface area contributed by atoms with Gasteiger partial charge in [-0.1, -0.05) is 229 Å². The highest BCUT2D eigenvalue weighted by Crippen LogP contribution is 2.27. The Balaban J connectivity index is 1.68. The summed E-state index contributed by atoms with van der Waals surface area (Å²) >= 11 is 0. The topological polar surface area (TPSA) is 214 Å². The summed E-state index contributed by atoms with van der Waals surface area (Å²) in [4.78, 5) is 13.1.